The number of carbonyl (C=O) groups is 1. The van der Waals surface area contributed by atoms with Crippen LogP contribution in [-0.2, 0) is 18.6 Å². The Bertz CT molecular complexity index is 409. The fourth-order valence-electron chi connectivity index (χ4n) is 2.11. The van der Waals surface area contributed by atoms with Crippen LogP contribution < -0.4 is 5.32 Å². The number of phosphoric acid groups is 1. The van der Waals surface area contributed by atoms with E-state index in [1.54, 1.807) is 0 Å². The zero-order valence-electron chi connectivity index (χ0n) is 14.5. The van der Waals surface area contributed by atoms with Crippen molar-refractivity contribution in [2.75, 3.05) is 26.2 Å². The minimum absolute atomic E-state index is 0.478. The van der Waals surface area contributed by atoms with E-state index in [0.717, 1.165) is 0 Å². The third-order valence-corrected chi connectivity index (χ3v) is 3.97. The van der Waals surface area contributed by atoms with Crippen LogP contribution in [0.3, 0.4) is 0 Å². The third-order valence-electron chi connectivity index (χ3n) is 3.49. The highest BCUT2D eigenvalue weighted by Gasteiger charge is 2.44. The first-order valence-corrected chi connectivity index (χ1v) is 9.29. The molecule has 11 heteroatoms. The lowest BCUT2D eigenvalue weighted by Crippen LogP contribution is -2.47. The van der Waals surface area contributed by atoms with Gasteiger partial charge in [-0.15, -0.1) is 0 Å². The lowest BCUT2D eigenvalue weighted by atomic mass is 10.1. The molecule has 144 valence electrons. The molecule has 1 amide bonds. The standard InChI is InChI=1S/C7H14NO8P.C6H15N/c1-3(9)8-5-6(10)4(16-7(5)11)2-15-17(12,13)14;1-4-7(5-2)6-3/h4-7,10-11H,2H2,1H3,(H,8,9)(H2,12,13,14);4-6H2,1-3H3/t4-,5-,6-,7-;/m1./s1. The Morgan fingerprint density at radius 1 is 1.21 bits per heavy atom. The highest BCUT2D eigenvalue weighted by Crippen LogP contribution is 2.37. The molecule has 10 nitrogen and oxygen atoms in total. The molecule has 0 radical (unpaired) electrons. The second-order valence-electron chi connectivity index (χ2n) is 5.19. The summed E-state index contributed by atoms with van der Waals surface area (Å²) in [4.78, 5) is 30.1. The minimum atomic E-state index is -4.67. The average molecular weight is 372 g/mol. The molecule has 1 rings (SSSR count). The van der Waals surface area contributed by atoms with E-state index in [0.29, 0.717) is 0 Å². The van der Waals surface area contributed by atoms with Crippen LogP contribution in [0.5, 0.6) is 0 Å². The highest BCUT2D eigenvalue weighted by molar-refractivity contribution is 7.46. The van der Waals surface area contributed by atoms with Gasteiger partial charge < -0.3 is 35.0 Å². The van der Waals surface area contributed by atoms with Gasteiger partial charge in [0.15, 0.2) is 6.29 Å². The zero-order valence-corrected chi connectivity index (χ0v) is 15.3. The van der Waals surface area contributed by atoms with Crippen molar-refractivity contribution in [3.63, 3.8) is 0 Å². The molecule has 1 fully saturated rings. The van der Waals surface area contributed by atoms with Crippen LogP contribution in [0.4, 0.5) is 0 Å². The van der Waals surface area contributed by atoms with Gasteiger partial charge in [0.2, 0.25) is 5.91 Å². The van der Waals surface area contributed by atoms with Crippen molar-refractivity contribution < 1.29 is 38.6 Å². The molecule has 0 aromatic carbocycles. The normalized spacial score (nSPS) is 26.9. The maximum absolute atomic E-state index is 10.8. The first-order valence-electron chi connectivity index (χ1n) is 7.76. The van der Waals surface area contributed by atoms with Crippen LogP contribution in [0.15, 0.2) is 0 Å². The fourth-order valence-corrected chi connectivity index (χ4v) is 2.46. The van der Waals surface area contributed by atoms with E-state index in [1.165, 1.54) is 26.6 Å². The second kappa shape index (κ2) is 11.1. The molecule has 24 heavy (non-hydrogen) atoms. The lowest BCUT2D eigenvalue weighted by molar-refractivity contribution is -0.127. The van der Waals surface area contributed by atoms with E-state index in [9.17, 15) is 19.6 Å². The summed E-state index contributed by atoms with van der Waals surface area (Å²) in [7, 11) is -4.67. The number of carbonyl (C=O) groups excluding carboxylic acids is 1. The Morgan fingerprint density at radius 3 is 2.04 bits per heavy atom. The van der Waals surface area contributed by atoms with Crippen molar-refractivity contribution in [3.05, 3.63) is 0 Å². The number of hydrogen-bond donors (Lipinski definition) is 5. The molecule has 0 aromatic heterocycles. The first kappa shape index (κ1) is 23.4. The van der Waals surface area contributed by atoms with Gasteiger partial charge in [-0.3, -0.25) is 9.32 Å². The van der Waals surface area contributed by atoms with Gasteiger partial charge in [0.1, 0.15) is 18.2 Å². The van der Waals surface area contributed by atoms with Crippen molar-refractivity contribution in [3.8, 4) is 0 Å². The van der Waals surface area contributed by atoms with Gasteiger partial charge in [0.05, 0.1) is 6.61 Å². The van der Waals surface area contributed by atoms with E-state index in [4.69, 9.17) is 14.5 Å². The molecule has 0 saturated carbocycles. The van der Waals surface area contributed by atoms with Gasteiger partial charge in [-0.05, 0) is 19.6 Å². The molecule has 0 bridgehead atoms. The summed E-state index contributed by atoms with van der Waals surface area (Å²) in [6.45, 7) is 10.7. The zero-order chi connectivity index (χ0) is 18.9. The average Bonchev–Trinajstić information content (AvgIpc) is 2.74. The number of aliphatic hydroxyl groups excluding tert-OH is 2. The highest BCUT2D eigenvalue weighted by atomic mass is 31.2. The number of hydrogen-bond acceptors (Lipinski definition) is 7. The molecule has 0 unspecified atom stereocenters. The Hall–Kier alpha value is -0.580. The quantitative estimate of drug-likeness (QED) is 0.356. The van der Waals surface area contributed by atoms with Gasteiger partial charge >= 0.3 is 7.82 Å². The Kier molecular flexibility index (Phi) is 10.8. The van der Waals surface area contributed by atoms with Crippen molar-refractivity contribution in [1.82, 2.24) is 10.2 Å². The summed E-state index contributed by atoms with van der Waals surface area (Å²) in [5.74, 6) is -0.478. The topological polar surface area (TPSA) is 149 Å². The number of rotatable bonds is 7. The van der Waals surface area contributed by atoms with Gasteiger partial charge in [0.25, 0.3) is 0 Å². The largest absolute Gasteiger partial charge is 0.469 e. The summed E-state index contributed by atoms with van der Waals surface area (Å²) < 4.78 is 19.4. The fraction of sp³-hybridized carbons (Fsp3) is 0.923. The third kappa shape index (κ3) is 9.05. The molecule has 1 heterocycles. The Labute approximate surface area is 142 Å². The number of nitrogens with one attached hydrogen (secondary N) is 1. The van der Waals surface area contributed by atoms with Gasteiger partial charge in [-0.25, -0.2) is 4.57 Å². The summed E-state index contributed by atoms with van der Waals surface area (Å²) in [6.07, 6.45) is -3.91. The minimum Gasteiger partial charge on any atom is -0.388 e. The molecule has 5 N–H and O–H groups in total. The van der Waals surface area contributed by atoms with Crippen LogP contribution >= 0.6 is 7.82 Å². The molecule has 1 aliphatic rings. The Balaban J connectivity index is 0.000000640. The molecule has 0 spiro atoms. The molecule has 1 aliphatic heterocycles. The van der Waals surface area contributed by atoms with Crippen LogP contribution in [0.25, 0.3) is 0 Å². The van der Waals surface area contributed by atoms with Crippen molar-refractivity contribution >= 4 is 13.7 Å². The maximum atomic E-state index is 10.8. The number of amides is 1. The van der Waals surface area contributed by atoms with Crippen LogP contribution in [0, 0.1) is 0 Å². The van der Waals surface area contributed by atoms with Gasteiger partial charge in [-0.2, -0.15) is 0 Å². The molecule has 0 aliphatic carbocycles. The van der Waals surface area contributed by atoms with Crippen LogP contribution in [-0.4, -0.2) is 81.6 Å². The summed E-state index contributed by atoms with van der Waals surface area (Å²) in [5.41, 5.74) is 0. The number of nitrogens with zero attached hydrogens (tertiary/aromatic N) is 1. The maximum Gasteiger partial charge on any atom is 0.469 e. The van der Waals surface area contributed by atoms with E-state index in [1.807, 2.05) is 0 Å². The SMILES string of the molecule is CC(=O)N[C@@H]1[C@H](O)[C@@H](COP(=O)(O)O)O[C@H]1O.CCN(CC)CC. The predicted molar refractivity (Wildman–Crippen MR) is 85.9 cm³/mol. The second-order valence-corrected chi connectivity index (χ2v) is 6.43. The van der Waals surface area contributed by atoms with Crippen LogP contribution in [0.1, 0.15) is 27.7 Å². The summed E-state index contributed by atoms with van der Waals surface area (Å²) in [6, 6.07) is -1.06. The molecular weight excluding hydrogens is 343 g/mol. The summed E-state index contributed by atoms with van der Waals surface area (Å²) >= 11 is 0. The van der Waals surface area contributed by atoms with Gasteiger partial charge in [-0.1, -0.05) is 20.8 Å². The summed E-state index contributed by atoms with van der Waals surface area (Å²) in [5, 5.41) is 21.2. The van der Waals surface area contributed by atoms with Crippen molar-refractivity contribution in [2.24, 2.45) is 0 Å². The molecule has 4 atom stereocenters. The van der Waals surface area contributed by atoms with E-state index >= 15 is 0 Å². The van der Waals surface area contributed by atoms with E-state index in [-0.39, 0.29) is 0 Å². The molecular formula is C13H29N2O8P. The van der Waals surface area contributed by atoms with Crippen molar-refractivity contribution in [2.45, 2.75) is 52.2 Å². The monoisotopic (exact) mass is 372 g/mol. The molecule has 0 aromatic rings. The first-order chi connectivity index (χ1) is 11.1. The molecule has 1 saturated heterocycles. The van der Waals surface area contributed by atoms with Crippen LogP contribution in [0.2, 0.25) is 0 Å². The van der Waals surface area contributed by atoms with Crippen molar-refractivity contribution in [1.29, 1.82) is 0 Å². The number of ether oxygens (including phenoxy) is 1. The smallest absolute Gasteiger partial charge is 0.388 e. The number of aliphatic hydroxyl groups is 2. The lowest BCUT2D eigenvalue weighted by Gasteiger charge is -2.18. The van der Waals surface area contributed by atoms with E-state index in [2.05, 4.69) is 35.5 Å². The number of phosphoric ester groups is 1. The van der Waals surface area contributed by atoms with E-state index < -0.39 is 44.9 Å². The predicted octanol–water partition coefficient (Wildman–Crippen LogP) is -0.973. The van der Waals surface area contributed by atoms with Gasteiger partial charge in [0, 0.05) is 6.92 Å². The Morgan fingerprint density at radius 2 is 1.71 bits per heavy atom.